The van der Waals surface area contributed by atoms with E-state index in [2.05, 4.69) is 5.32 Å². The number of nitrogens with zero attached hydrogens (tertiary/aromatic N) is 1. The van der Waals surface area contributed by atoms with Crippen LogP contribution in [0.1, 0.15) is 24.1 Å². The van der Waals surface area contributed by atoms with Crippen LogP contribution in [0.2, 0.25) is 0 Å². The van der Waals surface area contributed by atoms with E-state index < -0.39 is 4.92 Å². The van der Waals surface area contributed by atoms with E-state index in [1.165, 1.54) is 6.07 Å². The van der Waals surface area contributed by atoms with E-state index in [1.807, 2.05) is 13.8 Å². The molecule has 0 saturated heterocycles. The van der Waals surface area contributed by atoms with Crippen LogP contribution in [-0.2, 0) is 0 Å². The number of rotatable bonds is 4. The van der Waals surface area contributed by atoms with Crippen molar-refractivity contribution in [1.82, 2.24) is 0 Å². The zero-order valence-electron chi connectivity index (χ0n) is 11.3. The number of anilines is 1. The first-order valence-corrected chi connectivity index (χ1v) is 6.28. The summed E-state index contributed by atoms with van der Waals surface area (Å²) >= 11 is 0. The zero-order chi connectivity index (χ0) is 14.7. The van der Waals surface area contributed by atoms with Gasteiger partial charge in [0.1, 0.15) is 11.4 Å². The van der Waals surface area contributed by atoms with Gasteiger partial charge in [-0.25, -0.2) is 0 Å². The monoisotopic (exact) mass is 272 g/mol. The number of nitro benzene ring substituents is 1. The van der Waals surface area contributed by atoms with Crippen molar-refractivity contribution in [1.29, 1.82) is 0 Å². The van der Waals surface area contributed by atoms with Crippen LogP contribution in [0.25, 0.3) is 0 Å². The molecule has 2 rings (SSSR count). The molecular formula is C15H16N2O3. The van der Waals surface area contributed by atoms with Crippen molar-refractivity contribution in [3.8, 4) is 5.75 Å². The molecule has 2 aromatic carbocycles. The highest BCUT2D eigenvalue weighted by Gasteiger charge is 2.16. The summed E-state index contributed by atoms with van der Waals surface area (Å²) < 4.78 is 0. The van der Waals surface area contributed by atoms with Gasteiger partial charge in [-0.3, -0.25) is 10.1 Å². The molecule has 0 saturated carbocycles. The average molecular weight is 272 g/mol. The van der Waals surface area contributed by atoms with Crippen LogP contribution in [0.15, 0.2) is 42.5 Å². The van der Waals surface area contributed by atoms with Crippen LogP contribution >= 0.6 is 0 Å². The normalized spacial score (nSPS) is 11.9. The summed E-state index contributed by atoms with van der Waals surface area (Å²) in [5, 5.41) is 23.4. The first-order chi connectivity index (χ1) is 9.47. The number of nitrogens with one attached hydrogen (secondary N) is 1. The Hall–Kier alpha value is -2.56. The molecule has 0 aliphatic heterocycles. The number of aryl methyl sites for hydroxylation is 1. The number of aromatic hydroxyl groups is 1. The minimum atomic E-state index is -0.398. The fourth-order valence-corrected chi connectivity index (χ4v) is 2.00. The number of nitro groups is 1. The van der Waals surface area contributed by atoms with Crippen molar-refractivity contribution >= 4 is 11.4 Å². The standard InChI is InChI=1S/C15H16N2O3/c1-10-3-8-15(17(19)20)14(9-10)16-11(2)12-4-6-13(18)7-5-12/h3-9,11,16,18H,1-2H3. The molecule has 1 atom stereocenters. The molecule has 2 N–H and O–H groups in total. The average Bonchev–Trinajstić information content (AvgIpc) is 2.39. The van der Waals surface area contributed by atoms with Crippen LogP contribution in [0.4, 0.5) is 11.4 Å². The third kappa shape index (κ3) is 3.06. The first kappa shape index (κ1) is 13.9. The molecule has 0 heterocycles. The highest BCUT2D eigenvalue weighted by Crippen LogP contribution is 2.29. The van der Waals surface area contributed by atoms with Crippen LogP contribution < -0.4 is 5.32 Å². The summed E-state index contributed by atoms with van der Waals surface area (Å²) in [6.07, 6.45) is 0. The van der Waals surface area contributed by atoms with Gasteiger partial charge in [0, 0.05) is 12.1 Å². The molecule has 0 fully saturated rings. The lowest BCUT2D eigenvalue weighted by Crippen LogP contribution is -2.08. The molecule has 0 amide bonds. The predicted molar refractivity (Wildman–Crippen MR) is 78.0 cm³/mol. The van der Waals surface area contributed by atoms with E-state index in [9.17, 15) is 15.2 Å². The van der Waals surface area contributed by atoms with Gasteiger partial charge in [-0.05, 0) is 43.2 Å². The zero-order valence-corrected chi connectivity index (χ0v) is 11.3. The maximum atomic E-state index is 11.0. The molecular weight excluding hydrogens is 256 g/mol. The molecule has 0 bridgehead atoms. The molecule has 5 nitrogen and oxygen atoms in total. The maximum absolute atomic E-state index is 11.0. The summed E-state index contributed by atoms with van der Waals surface area (Å²) in [5.74, 6) is 0.197. The smallest absolute Gasteiger partial charge is 0.292 e. The van der Waals surface area contributed by atoms with Gasteiger partial charge in [-0.2, -0.15) is 0 Å². The third-order valence-corrected chi connectivity index (χ3v) is 3.11. The van der Waals surface area contributed by atoms with Crippen molar-refractivity contribution < 1.29 is 10.0 Å². The Morgan fingerprint density at radius 1 is 1.20 bits per heavy atom. The lowest BCUT2D eigenvalue weighted by molar-refractivity contribution is -0.384. The first-order valence-electron chi connectivity index (χ1n) is 6.28. The SMILES string of the molecule is Cc1ccc([N+](=O)[O-])c(NC(C)c2ccc(O)cc2)c1. The Bertz CT molecular complexity index is 624. The maximum Gasteiger partial charge on any atom is 0.292 e. The number of hydrogen-bond acceptors (Lipinski definition) is 4. The Morgan fingerprint density at radius 3 is 2.45 bits per heavy atom. The number of benzene rings is 2. The molecule has 5 heteroatoms. The van der Waals surface area contributed by atoms with Crippen LogP contribution in [0, 0.1) is 17.0 Å². The molecule has 1 unspecified atom stereocenters. The Morgan fingerprint density at radius 2 is 1.85 bits per heavy atom. The summed E-state index contributed by atoms with van der Waals surface area (Å²) in [6.45, 7) is 3.80. The van der Waals surface area contributed by atoms with Crippen molar-refractivity contribution in [3.05, 3.63) is 63.7 Å². The van der Waals surface area contributed by atoms with Gasteiger partial charge >= 0.3 is 0 Å². The largest absolute Gasteiger partial charge is 0.508 e. The molecule has 0 aromatic heterocycles. The van der Waals surface area contributed by atoms with Crippen LogP contribution in [-0.4, -0.2) is 10.0 Å². The van der Waals surface area contributed by atoms with Gasteiger partial charge in [0.15, 0.2) is 0 Å². The number of phenols is 1. The van der Waals surface area contributed by atoms with Gasteiger partial charge in [0.05, 0.1) is 4.92 Å². The number of phenolic OH excluding ortho intramolecular Hbond substituents is 1. The summed E-state index contributed by atoms with van der Waals surface area (Å²) in [7, 11) is 0. The van der Waals surface area contributed by atoms with Crippen molar-refractivity contribution in [2.75, 3.05) is 5.32 Å². The predicted octanol–water partition coefficient (Wildman–Crippen LogP) is 3.78. The van der Waals surface area contributed by atoms with Crippen molar-refractivity contribution in [2.45, 2.75) is 19.9 Å². The van der Waals surface area contributed by atoms with Gasteiger partial charge in [0.2, 0.25) is 0 Å². The Balaban J connectivity index is 2.27. The van der Waals surface area contributed by atoms with Gasteiger partial charge < -0.3 is 10.4 Å². The summed E-state index contributed by atoms with van der Waals surface area (Å²) in [5.41, 5.74) is 2.45. The third-order valence-electron chi connectivity index (χ3n) is 3.11. The Labute approximate surface area is 117 Å². The van der Waals surface area contributed by atoms with E-state index in [-0.39, 0.29) is 17.5 Å². The van der Waals surface area contributed by atoms with E-state index in [0.29, 0.717) is 5.69 Å². The quantitative estimate of drug-likeness (QED) is 0.656. The van der Waals surface area contributed by atoms with Gasteiger partial charge in [-0.1, -0.05) is 18.2 Å². The van der Waals surface area contributed by atoms with E-state index in [0.717, 1.165) is 11.1 Å². The highest BCUT2D eigenvalue weighted by atomic mass is 16.6. The van der Waals surface area contributed by atoms with Crippen molar-refractivity contribution in [2.24, 2.45) is 0 Å². The number of hydrogen-bond donors (Lipinski definition) is 2. The molecule has 0 aliphatic rings. The second-order valence-corrected chi connectivity index (χ2v) is 4.74. The van der Waals surface area contributed by atoms with Crippen LogP contribution in [0.3, 0.4) is 0 Å². The molecule has 104 valence electrons. The molecule has 0 radical (unpaired) electrons. The van der Waals surface area contributed by atoms with Gasteiger partial charge in [-0.15, -0.1) is 0 Å². The highest BCUT2D eigenvalue weighted by molar-refractivity contribution is 5.63. The minimum Gasteiger partial charge on any atom is -0.508 e. The van der Waals surface area contributed by atoms with E-state index in [4.69, 9.17) is 0 Å². The van der Waals surface area contributed by atoms with E-state index in [1.54, 1.807) is 36.4 Å². The fourth-order valence-electron chi connectivity index (χ4n) is 2.00. The second kappa shape index (κ2) is 5.61. The Kier molecular flexibility index (Phi) is 3.89. The molecule has 2 aromatic rings. The molecule has 20 heavy (non-hydrogen) atoms. The fraction of sp³-hybridized carbons (Fsp3) is 0.200. The lowest BCUT2D eigenvalue weighted by atomic mass is 10.1. The van der Waals surface area contributed by atoms with E-state index >= 15 is 0 Å². The van der Waals surface area contributed by atoms with Gasteiger partial charge in [0.25, 0.3) is 5.69 Å². The minimum absolute atomic E-state index is 0.0567. The summed E-state index contributed by atoms with van der Waals surface area (Å²) in [6, 6.07) is 11.6. The van der Waals surface area contributed by atoms with Crippen molar-refractivity contribution in [3.63, 3.8) is 0 Å². The van der Waals surface area contributed by atoms with Crippen LogP contribution in [0.5, 0.6) is 5.75 Å². The molecule has 0 spiro atoms. The summed E-state index contributed by atoms with van der Waals surface area (Å²) in [4.78, 5) is 10.6. The topological polar surface area (TPSA) is 75.4 Å². The molecule has 0 aliphatic carbocycles. The lowest BCUT2D eigenvalue weighted by Gasteiger charge is -2.16. The second-order valence-electron chi connectivity index (χ2n) is 4.74.